The molecule has 1 rings (SSSR count). The smallest absolute Gasteiger partial charge is 0.136 e. The van der Waals surface area contributed by atoms with Gasteiger partial charge < -0.3 is 15.8 Å². The quantitative estimate of drug-likeness (QED) is 0.573. The van der Waals surface area contributed by atoms with Crippen LogP contribution in [-0.2, 0) is 4.74 Å². The van der Waals surface area contributed by atoms with Crippen molar-refractivity contribution in [2.24, 2.45) is 11.7 Å². The summed E-state index contributed by atoms with van der Waals surface area (Å²) in [4.78, 5) is 4.55. The molecule has 3 N–H and O–H groups in total. The number of nitrogens with zero attached hydrogens (tertiary/aromatic N) is 1. The Morgan fingerprint density at radius 1 is 1.59 bits per heavy atom. The number of nitrogens with one attached hydrogen (secondary N) is 1. The molecular formula is C12H19N3OS. The average molecular weight is 253 g/mol. The van der Waals surface area contributed by atoms with Gasteiger partial charge in [-0.2, -0.15) is 0 Å². The van der Waals surface area contributed by atoms with Crippen molar-refractivity contribution >= 4 is 23.0 Å². The summed E-state index contributed by atoms with van der Waals surface area (Å²) in [5, 5.41) is 3.16. The van der Waals surface area contributed by atoms with Crippen LogP contribution in [0.4, 0.5) is 5.82 Å². The van der Waals surface area contributed by atoms with Gasteiger partial charge in [0.1, 0.15) is 10.8 Å². The molecule has 0 aliphatic heterocycles. The average Bonchev–Trinajstić information content (AvgIpc) is 2.28. The molecule has 5 heteroatoms. The molecule has 1 aromatic rings. The van der Waals surface area contributed by atoms with E-state index in [2.05, 4.69) is 24.1 Å². The predicted molar refractivity (Wildman–Crippen MR) is 74.3 cm³/mol. The van der Waals surface area contributed by atoms with Gasteiger partial charge in [0.25, 0.3) is 0 Å². The lowest BCUT2D eigenvalue weighted by Gasteiger charge is -2.10. The fraction of sp³-hybridized carbons (Fsp3) is 0.500. The molecule has 0 amide bonds. The Balaban J connectivity index is 2.39. The Kier molecular flexibility index (Phi) is 5.86. The van der Waals surface area contributed by atoms with Gasteiger partial charge in [0.2, 0.25) is 0 Å². The van der Waals surface area contributed by atoms with Crippen LogP contribution in [-0.4, -0.2) is 29.7 Å². The number of rotatable bonds is 7. The van der Waals surface area contributed by atoms with Crippen molar-refractivity contribution in [1.82, 2.24) is 4.98 Å². The van der Waals surface area contributed by atoms with E-state index >= 15 is 0 Å². The number of pyridine rings is 1. The van der Waals surface area contributed by atoms with E-state index in [9.17, 15) is 0 Å². The molecule has 0 aliphatic rings. The van der Waals surface area contributed by atoms with Gasteiger partial charge in [-0.3, -0.25) is 0 Å². The third-order valence-corrected chi connectivity index (χ3v) is 2.28. The lowest BCUT2D eigenvalue weighted by molar-refractivity contribution is 0.118. The summed E-state index contributed by atoms with van der Waals surface area (Å²) in [5.41, 5.74) is 6.37. The van der Waals surface area contributed by atoms with E-state index in [1.807, 2.05) is 12.1 Å². The summed E-state index contributed by atoms with van der Waals surface area (Å²) in [5.74, 6) is 1.27. The number of anilines is 1. The number of hydrogen-bond donors (Lipinski definition) is 2. The van der Waals surface area contributed by atoms with Gasteiger partial charge >= 0.3 is 0 Å². The molecule has 0 unspecified atom stereocenters. The maximum Gasteiger partial charge on any atom is 0.136 e. The van der Waals surface area contributed by atoms with Crippen molar-refractivity contribution in [1.29, 1.82) is 0 Å². The molecule has 4 nitrogen and oxygen atoms in total. The minimum atomic E-state index is 0.351. The first-order valence-corrected chi connectivity index (χ1v) is 6.08. The second kappa shape index (κ2) is 7.19. The van der Waals surface area contributed by atoms with Crippen molar-refractivity contribution in [3.63, 3.8) is 0 Å². The van der Waals surface area contributed by atoms with Crippen molar-refractivity contribution < 1.29 is 4.74 Å². The monoisotopic (exact) mass is 253 g/mol. The standard InChI is InChI=1S/C12H19N3OS/c1-9(2)8-16-7-6-15-12-10(11(13)17)4-3-5-14-12/h3-5,9H,6-8H2,1-2H3,(H2,13,17)(H,14,15). The summed E-state index contributed by atoms with van der Waals surface area (Å²) in [6, 6.07) is 3.67. The Hall–Kier alpha value is -1.20. The minimum absolute atomic E-state index is 0.351. The van der Waals surface area contributed by atoms with E-state index in [1.165, 1.54) is 0 Å². The molecule has 17 heavy (non-hydrogen) atoms. The zero-order chi connectivity index (χ0) is 12.7. The SMILES string of the molecule is CC(C)COCCNc1ncccc1C(N)=S. The second-order valence-electron chi connectivity index (χ2n) is 4.16. The largest absolute Gasteiger partial charge is 0.389 e. The first-order valence-electron chi connectivity index (χ1n) is 5.67. The van der Waals surface area contributed by atoms with Crippen LogP contribution in [0, 0.1) is 5.92 Å². The molecule has 0 atom stereocenters. The lowest BCUT2D eigenvalue weighted by atomic mass is 10.2. The van der Waals surface area contributed by atoms with Crippen molar-refractivity contribution in [3.05, 3.63) is 23.9 Å². The molecule has 0 aromatic carbocycles. The highest BCUT2D eigenvalue weighted by Crippen LogP contribution is 2.10. The van der Waals surface area contributed by atoms with Gasteiger partial charge in [-0.25, -0.2) is 4.98 Å². The van der Waals surface area contributed by atoms with E-state index in [1.54, 1.807) is 6.20 Å². The van der Waals surface area contributed by atoms with Crippen molar-refractivity contribution in [3.8, 4) is 0 Å². The third kappa shape index (κ3) is 5.10. The van der Waals surface area contributed by atoms with Crippen LogP contribution in [0.1, 0.15) is 19.4 Å². The summed E-state index contributed by atoms with van der Waals surface area (Å²) in [6.45, 7) is 6.35. The molecule has 1 aromatic heterocycles. The van der Waals surface area contributed by atoms with E-state index in [-0.39, 0.29) is 0 Å². The van der Waals surface area contributed by atoms with Crippen molar-refractivity contribution in [2.45, 2.75) is 13.8 Å². The molecule has 0 saturated carbocycles. The topological polar surface area (TPSA) is 60.2 Å². The summed E-state index contributed by atoms with van der Waals surface area (Å²) in [6.07, 6.45) is 1.71. The summed E-state index contributed by atoms with van der Waals surface area (Å²) >= 11 is 4.95. The number of ether oxygens (including phenoxy) is 1. The Bertz CT molecular complexity index is 369. The molecule has 0 aliphatic carbocycles. The Morgan fingerprint density at radius 3 is 3.00 bits per heavy atom. The summed E-state index contributed by atoms with van der Waals surface area (Å²) < 4.78 is 5.46. The number of nitrogens with two attached hydrogens (primary N) is 1. The van der Waals surface area contributed by atoms with E-state index in [0.29, 0.717) is 29.9 Å². The highest BCUT2D eigenvalue weighted by Gasteiger charge is 2.04. The molecule has 0 spiro atoms. The van der Waals surface area contributed by atoms with Crippen molar-refractivity contribution in [2.75, 3.05) is 25.1 Å². The number of hydrogen-bond acceptors (Lipinski definition) is 4. The first kappa shape index (κ1) is 13.9. The first-order chi connectivity index (χ1) is 8.11. The van der Waals surface area contributed by atoms with Crippen LogP contribution < -0.4 is 11.1 Å². The molecule has 0 radical (unpaired) electrons. The fourth-order valence-corrected chi connectivity index (χ4v) is 1.47. The van der Waals surface area contributed by atoms with E-state index in [4.69, 9.17) is 22.7 Å². The Labute approximate surface area is 108 Å². The fourth-order valence-electron chi connectivity index (χ4n) is 1.31. The van der Waals surface area contributed by atoms with E-state index < -0.39 is 0 Å². The molecule has 1 heterocycles. The van der Waals surface area contributed by atoms with Crippen LogP contribution in [0.25, 0.3) is 0 Å². The van der Waals surface area contributed by atoms with Gasteiger partial charge in [-0.05, 0) is 18.1 Å². The summed E-state index contributed by atoms with van der Waals surface area (Å²) in [7, 11) is 0. The number of thiocarbonyl (C=S) groups is 1. The normalized spacial score (nSPS) is 10.5. The van der Waals surface area contributed by atoms with Gasteiger partial charge in [-0.15, -0.1) is 0 Å². The molecule has 0 saturated heterocycles. The maximum atomic E-state index is 5.60. The third-order valence-electron chi connectivity index (χ3n) is 2.06. The highest BCUT2D eigenvalue weighted by atomic mass is 32.1. The van der Waals surface area contributed by atoms with Gasteiger partial charge in [0, 0.05) is 19.3 Å². The van der Waals surface area contributed by atoms with Crippen LogP contribution in [0.5, 0.6) is 0 Å². The van der Waals surface area contributed by atoms with Crippen LogP contribution >= 0.6 is 12.2 Å². The number of aromatic nitrogens is 1. The molecule has 0 fully saturated rings. The van der Waals surface area contributed by atoms with Gasteiger partial charge in [0.05, 0.1) is 12.2 Å². The van der Waals surface area contributed by atoms with Crippen LogP contribution in [0.15, 0.2) is 18.3 Å². The maximum absolute atomic E-state index is 5.60. The Morgan fingerprint density at radius 2 is 2.35 bits per heavy atom. The van der Waals surface area contributed by atoms with Crippen LogP contribution in [0.2, 0.25) is 0 Å². The predicted octanol–water partition coefficient (Wildman–Crippen LogP) is 1.80. The zero-order valence-corrected chi connectivity index (χ0v) is 11.1. The zero-order valence-electron chi connectivity index (χ0n) is 10.3. The highest BCUT2D eigenvalue weighted by molar-refractivity contribution is 7.80. The minimum Gasteiger partial charge on any atom is -0.389 e. The molecule has 94 valence electrons. The van der Waals surface area contributed by atoms with Crippen LogP contribution in [0.3, 0.4) is 0 Å². The van der Waals surface area contributed by atoms with Gasteiger partial charge in [0.15, 0.2) is 0 Å². The van der Waals surface area contributed by atoms with E-state index in [0.717, 1.165) is 12.2 Å². The lowest BCUT2D eigenvalue weighted by Crippen LogP contribution is -2.17. The molecule has 0 bridgehead atoms. The molecular weight excluding hydrogens is 234 g/mol. The van der Waals surface area contributed by atoms with Gasteiger partial charge in [-0.1, -0.05) is 26.1 Å². The second-order valence-corrected chi connectivity index (χ2v) is 4.60.